The van der Waals surface area contributed by atoms with E-state index in [0.29, 0.717) is 27.1 Å². The van der Waals surface area contributed by atoms with Gasteiger partial charge in [0.1, 0.15) is 28.9 Å². The number of esters is 1. The minimum absolute atomic E-state index is 0.140. The van der Waals surface area contributed by atoms with E-state index in [1.807, 2.05) is 13.0 Å². The third-order valence-electron chi connectivity index (χ3n) is 5.61. The first-order valence-electron chi connectivity index (χ1n) is 9.73. The molecule has 2 aliphatic rings. The number of methoxy groups -OCH3 is 2. The molecule has 1 aliphatic heterocycles. The van der Waals surface area contributed by atoms with Crippen molar-refractivity contribution >= 4 is 27.7 Å². The van der Waals surface area contributed by atoms with E-state index in [1.54, 1.807) is 25.1 Å². The Hall–Kier alpha value is -2.58. The molecule has 1 aliphatic carbocycles. The number of benzene rings is 1. The number of halogens is 1. The highest BCUT2D eigenvalue weighted by molar-refractivity contribution is 9.10. The largest absolute Gasteiger partial charge is 0.496 e. The van der Waals surface area contributed by atoms with Gasteiger partial charge in [-0.15, -0.1) is 0 Å². The van der Waals surface area contributed by atoms with Crippen LogP contribution in [0, 0.1) is 12.8 Å². The van der Waals surface area contributed by atoms with Crippen LogP contribution in [0.4, 0.5) is 0 Å². The lowest BCUT2D eigenvalue weighted by molar-refractivity contribution is -0.152. The summed E-state index contributed by atoms with van der Waals surface area (Å²) in [5.74, 6) is -0.459. The second-order valence-corrected chi connectivity index (χ2v) is 8.30. The number of aliphatic hydroxyl groups excluding tert-OH is 1. The van der Waals surface area contributed by atoms with Gasteiger partial charge >= 0.3 is 5.97 Å². The summed E-state index contributed by atoms with van der Waals surface area (Å²) in [6.07, 6.45) is 5.44. The van der Waals surface area contributed by atoms with Crippen LogP contribution in [-0.2, 0) is 14.3 Å². The van der Waals surface area contributed by atoms with Crippen LogP contribution in [0.25, 0.3) is 0 Å². The van der Waals surface area contributed by atoms with Gasteiger partial charge in [0.15, 0.2) is 5.60 Å². The van der Waals surface area contributed by atoms with Gasteiger partial charge in [-0.2, -0.15) is 0 Å². The van der Waals surface area contributed by atoms with Crippen LogP contribution >= 0.6 is 15.9 Å². The van der Waals surface area contributed by atoms with Crippen molar-refractivity contribution in [3.05, 3.63) is 57.3 Å². The lowest BCUT2D eigenvalue weighted by Crippen LogP contribution is -2.57. The first kappa shape index (κ1) is 23.1. The molecular weight excluding hydrogens is 468 g/mol. The zero-order valence-corrected chi connectivity index (χ0v) is 19.6. The Balaban J connectivity index is 1.97. The molecule has 0 saturated heterocycles. The van der Waals surface area contributed by atoms with Gasteiger partial charge in [0, 0.05) is 12.0 Å². The molecule has 0 spiro atoms. The average molecular weight is 493 g/mol. The van der Waals surface area contributed by atoms with Crippen molar-refractivity contribution < 1.29 is 33.6 Å². The Labute approximate surface area is 189 Å². The SMILES string of the molecule is CC=CC1=CC2=CC(=O)[C@](C)(OC(=O)c3c(OC)cc(OC)c(Br)c3C)[C@@H](O)[C@@H]2CO1. The molecule has 0 fully saturated rings. The predicted molar refractivity (Wildman–Crippen MR) is 117 cm³/mol. The van der Waals surface area contributed by atoms with Crippen LogP contribution in [0.3, 0.4) is 0 Å². The summed E-state index contributed by atoms with van der Waals surface area (Å²) in [4.78, 5) is 26.1. The topological polar surface area (TPSA) is 91.3 Å². The molecule has 0 unspecified atom stereocenters. The van der Waals surface area contributed by atoms with Crippen LogP contribution in [0.15, 0.2) is 46.2 Å². The predicted octanol–water partition coefficient (Wildman–Crippen LogP) is 3.67. The summed E-state index contributed by atoms with van der Waals surface area (Å²) >= 11 is 3.41. The van der Waals surface area contributed by atoms with Crippen molar-refractivity contribution in [3.8, 4) is 11.5 Å². The lowest BCUT2D eigenvalue weighted by atomic mass is 9.74. The molecule has 31 heavy (non-hydrogen) atoms. The van der Waals surface area contributed by atoms with Crippen molar-refractivity contribution in [2.45, 2.75) is 32.5 Å². The van der Waals surface area contributed by atoms with Gasteiger partial charge in [0.2, 0.25) is 5.78 Å². The molecule has 8 heteroatoms. The highest BCUT2D eigenvalue weighted by Crippen LogP contribution is 2.41. The third kappa shape index (κ3) is 4.02. The van der Waals surface area contributed by atoms with E-state index in [-0.39, 0.29) is 17.9 Å². The molecule has 0 bridgehead atoms. The Morgan fingerprint density at radius 1 is 1.29 bits per heavy atom. The molecule has 1 aromatic carbocycles. The van der Waals surface area contributed by atoms with Gasteiger partial charge < -0.3 is 24.1 Å². The number of carbonyl (C=O) groups excluding carboxylic acids is 2. The molecule has 1 aromatic rings. The summed E-state index contributed by atoms with van der Waals surface area (Å²) in [6.45, 7) is 5.14. The Bertz CT molecular complexity index is 1010. The normalized spacial score (nSPS) is 25.3. The number of carbonyl (C=O) groups is 2. The highest BCUT2D eigenvalue weighted by Gasteiger charge is 2.52. The van der Waals surface area contributed by atoms with E-state index in [1.165, 1.54) is 27.2 Å². The van der Waals surface area contributed by atoms with Crippen LogP contribution in [-0.4, -0.2) is 49.4 Å². The maximum Gasteiger partial charge on any atom is 0.343 e. The number of rotatable bonds is 5. The van der Waals surface area contributed by atoms with Crippen LogP contribution in [0.1, 0.15) is 29.8 Å². The van der Waals surface area contributed by atoms with Gasteiger partial charge in [-0.25, -0.2) is 4.79 Å². The molecule has 1 N–H and O–H groups in total. The van der Waals surface area contributed by atoms with E-state index in [4.69, 9.17) is 18.9 Å². The summed E-state index contributed by atoms with van der Waals surface area (Å²) in [5, 5.41) is 11.0. The fourth-order valence-corrected chi connectivity index (χ4v) is 4.23. The lowest BCUT2D eigenvalue weighted by Gasteiger charge is -2.41. The fraction of sp³-hybridized carbons (Fsp3) is 0.391. The summed E-state index contributed by atoms with van der Waals surface area (Å²) < 4.78 is 22.5. The van der Waals surface area contributed by atoms with Crippen molar-refractivity contribution in [1.82, 2.24) is 0 Å². The maximum absolute atomic E-state index is 13.2. The van der Waals surface area contributed by atoms with E-state index < -0.39 is 29.4 Å². The Morgan fingerprint density at radius 2 is 1.97 bits per heavy atom. The first-order chi connectivity index (χ1) is 14.7. The van der Waals surface area contributed by atoms with Crippen LogP contribution in [0.2, 0.25) is 0 Å². The van der Waals surface area contributed by atoms with Crippen molar-refractivity contribution in [2.75, 3.05) is 20.8 Å². The smallest absolute Gasteiger partial charge is 0.343 e. The Kier molecular flexibility index (Phi) is 6.62. The average Bonchev–Trinajstić information content (AvgIpc) is 2.74. The van der Waals surface area contributed by atoms with E-state index >= 15 is 0 Å². The van der Waals surface area contributed by atoms with Gasteiger partial charge in [-0.1, -0.05) is 6.08 Å². The van der Waals surface area contributed by atoms with Crippen molar-refractivity contribution in [2.24, 2.45) is 5.92 Å². The third-order valence-corrected chi connectivity index (χ3v) is 6.59. The van der Waals surface area contributed by atoms with Gasteiger partial charge in [0.05, 0.1) is 25.3 Å². The van der Waals surface area contributed by atoms with Crippen molar-refractivity contribution in [3.63, 3.8) is 0 Å². The van der Waals surface area contributed by atoms with Crippen LogP contribution < -0.4 is 9.47 Å². The standard InChI is InChI=1S/C23H25BrO7/c1-6-7-14-8-13-9-18(25)23(3,21(26)15(13)11-30-14)31-22(27)19-12(2)20(24)17(29-5)10-16(19)28-4/h6-10,15,21,26H,11H2,1-5H3/t15-,21+,23+/m1/s1. The monoisotopic (exact) mass is 492 g/mol. The van der Waals surface area contributed by atoms with E-state index in [2.05, 4.69) is 15.9 Å². The zero-order valence-electron chi connectivity index (χ0n) is 18.0. The second-order valence-electron chi connectivity index (χ2n) is 7.51. The fourth-order valence-electron chi connectivity index (χ4n) is 3.75. The number of hydrogen-bond acceptors (Lipinski definition) is 7. The highest BCUT2D eigenvalue weighted by atomic mass is 79.9. The molecule has 3 rings (SSSR count). The Morgan fingerprint density at radius 3 is 2.58 bits per heavy atom. The molecule has 0 amide bonds. The summed E-state index contributed by atoms with van der Waals surface area (Å²) in [7, 11) is 2.92. The molecule has 7 nitrogen and oxygen atoms in total. The molecule has 0 radical (unpaired) electrons. The number of ether oxygens (including phenoxy) is 4. The number of fused-ring (bicyclic) bond motifs is 1. The van der Waals surface area contributed by atoms with E-state index in [9.17, 15) is 14.7 Å². The van der Waals surface area contributed by atoms with Gasteiger partial charge in [0.25, 0.3) is 0 Å². The van der Waals surface area contributed by atoms with Crippen molar-refractivity contribution in [1.29, 1.82) is 0 Å². The molecule has 3 atom stereocenters. The number of aliphatic hydroxyl groups is 1. The zero-order chi connectivity index (χ0) is 22.9. The minimum atomic E-state index is -1.77. The number of allylic oxidation sites excluding steroid dienone is 3. The van der Waals surface area contributed by atoms with Gasteiger partial charge in [-0.05, 0) is 66.1 Å². The molecule has 1 heterocycles. The molecule has 0 saturated carbocycles. The molecular formula is C23H25BrO7. The molecule has 0 aromatic heterocycles. The number of hydrogen-bond donors (Lipinski definition) is 1. The second kappa shape index (κ2) is 8.88. The minimum Gasteiger partial charge on any atom is -0.496 e. The quantitative estimate of drug-likeness (QED) is 0.626. The summed E-state index contributed by atoms with van der Waals surface area (Å²) in [6, 6.07) is 1.55. The number of ketones is 1. The van der Waals surface area contributed by atoms with E-state index in [0.717, 1.165) is 0 Å². The van der Waals surface area contributed by atoms with Gasteiger partial charge in [-0.3, -0.25) is 4.79 Å². The van der Waals surface area contributed by atoms with Crippen LogP contribution in [0.5, 0.6) is 11.5 Å². The summed E-state index contributed by atoms with van der Waals surface area (Å²) in [5.41, 5.74) is -0.462. The molecule has 166 valence electrons. The first-order valence-corrected chi connectivity index (χ1v) is 10.5. The maximum atomic E-state index is 13.2.